The van der Waals surface area contributed by atoms with Crippen molar-refractivity contribution in [2.75, 3.05) is 6.54 Å². The van der Waals surface area contributed by atoms with Crippen LogP contribution in [-0.2, 0) is 7.05 Å². The van der Waals surface area contributed by atoms with E-state index in [9.17, 15) is 4.79 Å². The van der Waals surface area contributed by atoms with Crippen molar-refractivity contribution in [2.45, 2.75) is 13.0 Å². The first-order valence-electron chi connectivity index (χ1n) is 7.59. The van der Waals surface area contributed by atoms with Gasteiger partial charge in [0, 0.05) is 13.6 Å². The number of aryl methyl sites for hydroxylation is 2. The minimum Gasteiger partial charge on any atom is -0.343 e. The van der Waals surface area contributed by atoms with Crippen LogP contribution in [0.1, 0.15) is 27.8 Å². The van der Waals surface area contributed by atoms with E-state index in [-0.39, 0.29) is 11.9 Å². The van der Waals surface area contributed by atoms with Crippen molar-refractivity contribution in [1.82, 2.24) is 15.1 Å². The van der Waals surface area contributed by atoms with Crippen LogP contribution in [0, 0.1) is 6.92 Å². The highest BCUT2D eigenvalue weighted by Crippen LogP contribution is 2.20. The predicted octanol–water partition coefficient (Wildman–Crippen LogP) is 2.31. The molecule has 0 bridgehead atoms. The van der Waals surface area contributed by atoms with Crippen molar-refractivity contribution in [1.29, 1.82) is 0 Å². The summed E-state index contributed by atoms with van der Waals surface area (Å²) in [6, 6.07) is 15.8. The molecule has 0 fully saturated rings. The summed E-state index contributed by atoms with van der Waals surface area (Å²) in [6.07, 6.45) is 0. The number of amides is 1. The number of hydrogen-bond acceptors (Lipinski definition) is 3. The Hall–Kier alpha value is -2.66. The SMILES string of the molecule is Cc1cc(C(=O)N[C@@H](CN)c2ccc3ccccc3c2)n(C)n1. The van der Waals surface area contributed by atoms with Gasteiger partial charge in [-0.25, -0.2) is 0 Å². The summed E-state index contributed by atoms with van der Waals surface area (Å²) in [6.45, 7) is 2.20. The maximum atomic E-state index is 12.5. The minimum atomic E-state index is -0.234. The van der Waals surface area contributed by atoms with E-state index in [1.54, 1.807) is 17.8 Å². The number of fused-ring (bicyclic) bond motifs is 1. The molecule has 1 amide bonds. The van der Waals surface area contributed by atoms with Gasteiger partial charge < -0.3 is 11.1 Å². The van der Waals surface area contributed by atoms with Gasteiger partial charge in [-0.3, -0.25) is 9.48 Å². The first-order valence-corrected chi connectivity index (χ1v) is 7.59. The van der Waals surface area contributed by atoms with Gasteiger partial charge in [0.2, 0.25) is 0 Å². The number of rotatable bonds is 4. The van der Waals surface area contributed by atoms with Crippen LogP contribution in [0.2, 0.25) is 0 Å². The summed E-state index contributed by atoms with van der Waals surface area (Å²) in [7, 11) is 1.76. The summed E-state index contributed by atoms with van der Waals surface area (Å²) in [4.78, 5) is 12.5. The van der Waals surface area contributed by atoms with Crippen LogP contribution in [0.15, 0.2) is 48.5 Å². The minimum absolute atomic E-state index is 0.170. The molecular formula is C18H20N4O. The molecule has 0 saturated carbocycles. The first kappa shape index (κ1) is 15.2. The zero-order valence-electron chi connectivity index (χ0n) is 13.3. The van der Waals surface area contributed by atoms with Gasteiger partial charge in [0.25, 0.3) is 5.91 Å². The Balaban J connectivity index is 1.86. The molecule has 0 radical (unpaired) electrons. The molecule has 5 nitrogen and oxygen atoms in total. The van der Waals surface area contributed by atoms with E-state index in [4.69, 9.17) is 5.73 Å². The molecule has 0 unspecified atom stereocenters. The van der Waals surface area contributed by atoms with E-state index >= 15 is 0 Å². The molecule has 5 heteroatoms. The highest BCUT2D eigenvalue weighted by atomic mass is 16.2. The standard InChI is InChI=1S/C18H20N4O/c1-12-9-17(22(2)21-12)18(23)20-16(11-19)15-8-7-13-5-3-4-6-14(13)10-15/h3-10,16H,11,19H2,1-2H3,(H,20,23)/t16-/m0/s1. The molecule has 23 heavy (non-hydrogen) atoms. The summed E-state index contributed by atoms with van der Waals surface area (Å²) < 4.78 is 1.58. The Morgan fingerprint density at radius 1 is 1.22 bits per heavy atom. The van der Waals surface area contributed by atoms with Crippen LogP contribution in [0.25, 0.3) is 10.8 Å². The van der Waals surface area contributed by atoms with Crippen molar-refractivity contribution >= 4 is 16.7 Å². The molecule has 3 rings (SSSR count). The zero-order valence-corrected chi connectivity index (χ0v) is 13.3. The summed E-state index contributed by atoms with van der Waals surface area (Å²) in [5, 5.41) is 9.50. The molecule has 0 aliphatic carbocycles. The molecule has 0 aliphatic rings. The van der Waals surface area contributed by atoms with E-state index in [1.165, 1.54) is 5.39 Å². The largest absolute Gasteiger partial charge is 0.343 e. The van der Waals surface area contributed by atoms with Gasteiger partial charge in [-0.05, 0) is 35.4 Å². The number of nitrogens with zero attached hydrogens (tertiary/aromatic N) is 2. The summed E-state index contributed by atoms with van der Waals surface area (Å²) in [5.74, 6) is -0.170. The van der Waals surface area contributed by atoms with E-state index in [1.807, 2.05) is 31.2 Å². The molecule has 2 aromatic carbocycles. The van der Waals surface area contributed by atoms with Gasteiger partial charge in [0.15, 0.2) is 0 Å². The second-order valence-electron chi connectivity index (χ2n) is 5.66. The lowest BCUT2D eigenvalue weighted by molar-refractivity contribution is 0.0928. The van der Waals surface area contributed by atoms with Crippen molar-refractivity contribution in [2.24, 2.45) is 12.8 Å². The number of nitrogens with one attached hydrogen (secondary N) is 1. The Bertz CT molecular complexity index is 853. The molecule has 0 saturated heterocycles. The number of benzene rings is 2. The van der Waals surface area contributed by atoms with Crippen LogP contribution in [0.5, 0.6) is 0 Å². The quantitative estimate of drug-likeness (QED) is 0.777. The van der Waals surface area contributed by atoms with E-state index in [0.717, 1.165) is 16.6 Å². The van der Waals surface area contributed by atoms with E-state index < -0.39 is 0 Å². The molecule has 3 N–H and O–H groups in total. The monoisotopic (exact) mass is 308 g/mol. The fourth-order valence-electron chi connectivity index (χ4n) is 2.76. The normalized spacial score (nSPS) is 12.3. The third-order valence-corrected chi connectivity index (χ3v) is 3.95. The Morgan fingerprint density at radius 2 is 1.96 bits per heavy atom. The fraction of sp³-hybridized carbons (Fsp3) is 0.222. The van der Waals surface area contributed by atoms with Gasteiger partial charge in [-0.2, -0.15) is 5.10 Å². The lowest BCUT2D eigenvalue weighted by atomic mass is 10.0. The maximum absolute atomic E-state index is 12.5. The van der Waals surface area contributed by atoms with Crippen molar-refractivity contribution in [3.63, 3.8) is 0 Å². The Morgan fingerprint density at radius 3 is 2.61 bits per heavy atom. The second-order valence-corrected chi connectivity index (χ2v) is 5.66. The van der Waals surface area contributed by atoms with Crippen LogP contribution in [0.4, 0.5) is 0 Å². The number of aromatic nitrogens is 2. The van der Waals surface area contributed by atoms with Crippen LogP contribution in [0.3, 0.4) is 0 Å². The van der Waals surface area contributed by atoms with E-state index in [2.05, 4.69) is 28.6 Å². The number of carbonyl (C=O) groups excluding carboxylic acids is 1. The smallest absolute Gasteiger partial charge is 0.270 e. The topological polar surface area (TPSA) is 72.9 Å². The molecule has 0 aliphatic heterocycles. The highest BCUT2D eigenvalue weighted by molar-refractivity contribution is 5.93. The average molecular weight is 308 g/mol. The maximum Gasteiger partial charge on any atom is 0.270 e. The van der Waals surface area contributed by atoms with Crippen LogP contribution < -0.4 is 11.1 Å². The fourth-order valence-corrected chi connectivity index (χ4v) is 2.76. The van der Waals surface area contributed by atoms with E-state index in [0.29, 0.717) is 12.2 Å². The molecular weight excluding hydrogens is 288 g/mol. The van der Waals surface area contributed by atoms with Crippen molar-refractivity contribution < 1.29 is 4.79 Å². The molecule has 3 aromatic rings. The third-order valence-electron chi connectivity index (χ3n) is 3.95. The zero-order chi connectivity index (χ0) is 16.4. The first-order chi connectivity index (χ1) is 11.1. The Labute approximate surface area is 135 Å². The average Bonchev–Trinajstić information content (AvgIpc) is 2.90. The van der Waals surface area contributed by atoms with Gasteiger partial charge in [-0.1, -0.05) is 36.4 Å². The van der Waals surface area contributed by atoms with Gasteiger partial charge in [-0.15, -0.1) is 0 Å². The molecule has 0 spiro atoms. The van der Waals surface area contributed by atoms with Gasteiger partial charge in [0.05, 0.1) is 11.7 Å². The van der Waals surface area contributed by atoms with Crippen molar-refractivity contribution in [3.05, 3.63) is 65.5 Å². The van der Waals surface area contributed by atoms with Gasteiger partial charge >= 0.3 is 0 Å². The van der Waals surface area contributed by atoms with Crippen LogP contribution >= 0.6 is 0 Å². The number of nitrogens with two attached hydrogens (primary N) is 1. The second kappa shape index (κ2) is 6.22. The van der Waals surface area contributed by atoms with Gasteiger partial charge in [0.1, 0.15) is 5.69 Å². The van der Waals surface area contributed by atoms with Crippen LogP contribution in [-0.4, -0.2) is 22.2 Å². The number of carbonyl (C=O) groups is 1. The number of hydrogen-bond donors (Lipinski definition) is 2. The van der Waals surface area contributed by atoms with Crippen molar-refractivity contribution in [3.8, 4) is 0 Å². The molecule has 1 heterocycles. The highest BCUT2D eigenvalue weighted by Gasteiger charge is 2.17. The lowest BCUT2D eigenvalue weighted by Crippen LogP contribution is -2.34. The Kier molecular flexibility index (Phi) is 4.12. The third kappa shape index (κ3) is 3.10. The summed E-state index contributed by atoms with van der Waals surface area (Å²) in [5.41, 5.74) is 8.22. The lowest BCUT2D eigenvalue weighted by Gasteiger charge is -2.18. The summed E-state index contributed by atoms with van der Waals surface area (Å²) >= 11 is 0. The molecule has 1 aromatic heterocycles. The predicted molar refractivity (Wildman–Crippen MR) is 91.2 cm³/mol. The molecule has 1 atom stereocenters. The molecule has 118 valence electrons.